The lowest BCUT2D eigenvalue weighted by Gasteiger charge is -2.39. The third-order valence-electron chi connectivity index (χ3n) is 6.28. The van der Waals surface area contributed by atoms with Crippen molar-refractivity contribution in [3.63, 3.8) is 0 Å². The normalized spacial score (nSPS) is 17.0. The Kier molecular flexibility index (Phi) is 5.40. The predicted molar refractivity (Wildman–Crippen MR) is 117 cm³/mol. The van der Waals surface area contributed by atoms with Crippen molar-refractivity contribution < 1.29 is 13.9 Å². The molecule has 2 saturated heterocycles. The van der Waals surface area contributed by atoms with E-state index in [1.54, 1.807) is 0 Å². The molecule has 2 aliphatic rings. The van der Waals surface area contributed by atoms with Crippen molar-refractivity contribution in [2.45, 2.75) is 25.8 Å². The number of aromatic nitrogens is 1. The molecule has 0 N–H and O–H groups in total. The number of urea groups is 1. The lowest BCUT2D eigenvalue weighted by molar-refractivity contribution is 0.101. The van der Waals surface area contributed by atoms with E-state index in [1.165, 1.54) is 12.3 Å². The van der Waals surface area contributed by atoms with E-state index >= 15 is 0 Å². The van der Waals surface area contributed by atoms with Crippen LogP contribution < -0.4 is 10.2 Å². The summed E-state index contributed by atoms with van der Waals surface area (Å²) < 4.78 is 13.5. The number of piperidine rings is 1. The molecule has 0 atom stereocenters. The maximum Gasteiger partial charge on any atom is 0.319 e. The largest absolute Gasteiger partial charge is 0.486 e. The maximum absolute atomic E-state index is 12.5. The summed E-state index contributed by atoms with van der Waals surface area (Å²) in [5.74, 6) is 1.18. The Labute approximate surface area is 180 Å². The molecule has 0 unspecified atom stereocenters. The SMILES string of the molecule is O=C(N1CCC1)N1CCC(COc2coc(Cn3cc4ccccc4c3)cc2=O)CC1. The lowest BCUT2D eigenvalue weighted by Crippen LogP contribution is -2.52. The fourth-order valence-electron chi connectivity index (χ4n) is 4.24. The molecule has 7 nitrogen and oxygen atoms in total. The van der Waals surface area contributed by atoms with Gasteiger partial charge in [-0.15, -0.1) is 0 Å². The van der Waals surface area contributed by atoms with Crippen molar-refractivity contribution in [2.24, 2.45) is 5.92 Å². The van der Waals surface area contributed by atoms with Gasteiger partial charge < -0.3 is 23.5 Å². The highest BCUT2D eigenvalue weighted by Crippen LogP contribution is 2.21. The van der Waals surface area contributed by atoms with E-state index in [2.05, 4.69) is 12.1 Å². The molecular weight excluding hydrogens is 394 g/mol. The van der Waals surface area contributed by atoms with Crippen molar-refractivity contribution in [2.75, 3.05) is 32.8 Å². The first kappa shape index (κ1) is 19.7. The van der Waals surface area contributed by atoms with Gasteiger partial charge in [-0.1, -0.05) is 24.3 Å². The fourth-order valence-corrected chi connectivity index (χ4v) is 4.24. The zero-order chi connectivity index (χ0) is 21.2. The molecule has 0 saturated carbocycles. The molecule has 31 heavy (non-hydrogen) atoms. The topological polar surface area (TPSA) is 67.9 Å². The van der Waals surface area contributed by atoms with Gasteiger partial charge in [0.2, 0.25) is 11.2 Å². The van der Waals surface area contributed by atoms with Crippen LogP contribution in [0.3, 0.4) is 0 Å². The van der Waals surface area contributed by atoms with Crippen molar-refractivity contribution in [1.82, 2.24) is 14.4 Å². The molecule has 0 spiro atoms. The first-order valence-electron chi connectivity index (χ1n) is 11.0. The highest BCUT2D eigenvalue weighted by molar-refractivity contribution is 5.82. The minimum absolute atomic E-state index is 0.164. The van der Waals surface area contributed by atoms with Crippen molar-refractivity contribution in [3.8, 4) is 5.75 Å². The summed E-state index contributed by atoms with van der Waals surface area (Å²) in [5.41, 5.74) is -0.164. The quantitative estimate of drug-likeness (QED) is 0.632. The Balaban J connectivity index is 1.14. The zero-order valence-corrected chi connectivity index (χ0v) is 17.5. The van der Waals surface area contributed by atoms with Gasteiger partial charge in [0.15, 0.2) is 0 Å². The fraction of sp³-hybridized carbons (Fsp3) is 0.417. The Hall–Kier alpha value is -3.22. The molecule has 0 bridgehead atoms. The van der Waals surface area contributed by atoms with E-state index in [1.807, 2.05) is 38.9 Å². The van der Waals surface area contributed by atoms with Crippen LogP contribution in [0, 0.1) is 5.92 Å². The minimum Gasteiger partial charge on any atom is -0.486 e. The second-order valence-corrected chi connectivity index (χ2v) is 8.50. The number of hydrogen-bond acceptors (Lipinski definition) is 4. The molecule has 0 aliphatic carbocycles. The average Bonchev–Trinajstić information content (AvgIpc) is 3.14. The second kappa shape index (κ2) is 8.49. The third kappa shape index (κ3) is 4.31. The monoisotopic (exact) mass is 421 g/mol. The van der Waals surface area contributed by atoms with E-state index in [0.717, 1.165) is 56.2 Å². The van der Waals surface area contributed by atoms with Crippen LogP contribution >= 0.6 is 0 Å². The number of nitrogens with zero attached hydrogens (tertiary/aromatic N) is 3. The van der Waals surface area contributed by atoms with Crippen LogP contribution in [0.15, 0.2) is 58.2 Å². The summed E-state index contributed by atoms with van der Waals surface area (Å²) in [6.07, 6.45) is 8.40. The highest BCUT2D eigenvalue weighted by atomic mass is 16.5. The van der Waals surface area contributed by atoms with E-state index in [9.17, 15) is 9.59 Å². The van der Waals surface area contributed by atoms with E-state index in [0.29, 0.717) is 24.8 Å². The van der Waals surface area contributed by atoms with Crippen LogP contribution in [0.2, 0.25) is 0 Å². The van der Waals surface area contributed by atoms with Crippen LogP contribution in [0.25, 0.3) is 10.8 Å². The Morgan fingerprint density at radius 1 is 1.03 bits per heavy atom. The Morgan fingerprint density at radius 2 is 1.71 bits per heavy atom. The summed E-state index contributed by atoms with van der Waals surface area (Å²) in [6, 6.07) is 9.81. The number of carbonyl (C=O) groups excluding carboxylic acids is 1. The van der Waals surface area contributed by atoms with Gasteiger partial charge in [-0.25, -0.2) is 4.79 Å². The predicted octanol–water partition coefficient (Wildman–Crippen LogP) is 3.56. The maximum atomic E-state index is 12.5. The molecule has 162 valence electrons. The van der Waals surface area contributed by atoms with Crippen molar-refractivity contribution >= 4 is 16.8 Å². The summed E-state index contributed by atoms with van der Waals surface area (Å²) in [4.78, 5) is 28.6. The van der Waals surface area contributed by atoms with E-state index in [-0.39, 0.29) is 17.2 Å². The number of carbonyl (C=O) groups is 1. The molecule has 2 aromatic heterocycles. The number of amides is 2. The van der Waals surface area contributed by atoms with Crippen LogP contribution in [0.4, 0.5) is 4.79 Å². The molecule has 1 aromatic carbocycles. The summed E-state index contributed by atoms with van der Waals surface area (Å²) in [5, 5.41) is 2.31. The average molecular weight is 421 g/mol. The van der Waals surface area contributed by atoms with Gasteiger partial charge in [-0.3, -0.25) is 4.79 Å². The minimum atomic E-state index is -0.164. The number of benzene rings is 1. The van der Waals surface area contributed by atoms with Crippen molar-refractivity contribution in [3.05, 3.63) is 65.0 Å². The molecule has 2 aliphatic heterocycles. The van der Waals surface area contributed by atoms with Crippen LogP contribution in [0.5, 0.6) is 5.75 Å². The number of rotatable bonds is 5. The van der Waals surface area contributed by atoms with Gasteiger partial charge in [0.1, 0.15) is 12.0 Å². The molecular formula is C24H27N3O4. The molecule has 2 amide bonds. The highest BCUT2D eigenvalue weighted by Gasteiger charge is 2.29. The molecule has 2 fully saturated rings. The van der Waals surface area contributed by atoms with Crippen LogP contribution in [0.1, 0.15) is 25.0 Å². The van der Waals surface area contributed by atoms with Gasteiger partial charge in [0.05, 0.1) is 13.2 Å². The molecule has 5 rings (SSSR count). The van der Waals surface area contributed by atoms with Gasteiger partial charge in [0.25, 0.3) is 0 Å². The Bertz CT molecular complexity index is 1090. The van der Waals surface area contributed by atoms with Gasteiger partial charge >= 0.3 is 6.03 Å². The third-order valence-corrected chi connectivity index (χ3v) is 6.28. The van der Waals surface area contributed by atoms with Crippen LogP contribution in [-0.4, -0.2) is 53.2 Å². The number of likely N-dealkylation sites (tertiary alicyclic amines) is 2. The van der Waals surface area contributed by atoms with Gasteiger partial charge in [0, 0.05) is 44.6 Å². The summed E-state index contributed by atoms with van der Waals surface area (Å²) in [7, 11) is 0. The molecule has 3 aromatic rings. The Morgan fingerprint density at radius 3 is 2.32 bits per heavy atom. The second-order valence-electron chi connectivity index (χ2n) is 8.50. The summed E-state index contributed by atoms with van der Waals surface area (Å²) >= 11 is 0. The molecule has 7 heteroatoms. The number of hydrogen-bond donors (Lipinski definition) is 0. The van der Waals surface area contributed by atoms with Gasteiger partial charge in [-0.2, -0.15) is 0 Å². The van der Waals surface area contributed by atoms with Crippen LogP contribution in [-0.2, 0) is 6.54 Å². The number of ether oxygens (including phenoxy) is 1. The molecule has 0 radical (unpaired) electrons. The van der Waals surface area contributed by atoms with Crippen molar-refractivity contribution in [1.29, 1.82) is 0 Å². The van der Waals surface area contributed by atoms with E-state index < -0.39 is 0 Å². The van der Waals surface area contributed by atoms with Gasteiger partial charge in [-0.05, 0) is 36.0 Å². The number of fused-ring (bicyclic) bond motifs is 1. The zero-order valence-electron chi connectivity index (χ0n) is 17.5. The van der Waals surface area contributed by atoms with E-state index in [4.69, 9.17) is 9.15 Å². The first-order chi connectivity index (χ1) is 15.2. The standard InChI is InChI=1S/C24H27N3O4/c28-22-12-21(15-25-13-19-4-1-2-5-20(19)14-25)30-17-23(22)31-16-18-6-10-27(11-7-18)24(29)26-8-3-9-26/h1-2,4-5,12-14,17-18H,3,6-11,15-16H2. The first-order valence-corrected chi connectivity index (χ1v) is 11.0. The smallest absolute Gasteiger partial charge is 0.319 e. The molecule has 4 heterocycles. The summed E-state index contributed by atoms with van der Waals surface area (Å²) in [6.45, 7) is 4.24. The lowest BCUT2D eigenvalue weighted by atomic mass is 9.98.